The van der Waals surface area contributed by atoms with Crippen molar-refractivity contribution in [2.75, 3.05) is 11.1 Å². The lowest BCUT2D eigenvalue weighted by Crippen LogP contribution is -2.29. The molecule has 1 aromatic heterocycles. The molecular formula is C22H23FN4OS. The third-order valence-electron chi connectivity index (χ3n) is 5.32. The van der Waals surface area contributed by atoms with Crippen LogP contribution in [0.2, 0.25) is 0 Å². The minimum atomic E-state index is -0.718. The number of rotatable bonds is 5. The Kier molecular flexibility index (Phi) is 5.32. The maximum absolute atomic E-state index is 14.5. The number of thioether (sulfide) groups is 1. The van der Waals surface area contributed by atoms with Gasteiger partial charge in [0.05, 0.1) is 5.54 Å². The summed E-state index contributed by atoms with van der Waals surface area (Å²) in [5.41, 5.74) is 8.33. The van der Waals surface area contributed by atoms with Gasteiger partial charge in [0, 0.05) is 40.5 Å². The monoisotopic (exact) mass is 410 g/mol. The molecule has 0 spiro atoms. The molecule has 0 saturated heterocycles. The summed E-state index contributed by atoms with van der Waals surface area (Å²) in [7, 11) is 0. The number of fused-ring (bicyclic) bond motifs is 1. The number of nitrogens with zero attached hydrogens (tertiary/aromatic N) is 1. The predicted molar refractivity (Wildman–Crippen MR) is 118 cm³/mol. The molecular weight excluding hydrogens is 387 g/mol. The number of anilines is 1. The zero-order valence-corrected chi connectivity index (χ0v) is 17.0. The minimum absolute atomic E-state index is 0.111. The van der Waals surface area contributed by atoms with Crippen LogP contribution >= 0.6 is 11.8 Å². The summed E-state index contributed by atoms with van der Waals surface area (Å²) in [6.07, 6.45) is 3.60. The van der Waals surface area contributed by atoms with E-state index in [1.165, 1.54) is 17.8 Å². The number of hydrogen-bond donors (Lipinski definition) is 3. The molecule has 4 N–H and O–H groups in total. The van der Waals surface area contributed by atoms with Crippen molar-refractivity contribution in [2.24, 2.45) is 10.7 Å². The molecule has 5 nitrogen and oxygen atoms in total. The van der Waals surface area contributed by atoms with E-state index in [1.807, 2.05) is 37.4 Å². The van der Waals surface area contributed by atoms with Gasteiger partial charge < -0.3 is 16.0 Å². The minimum Gasteiger partial charge on any atom is -0.379 e. The second-order valence-electron chi connectivity index (χ2n) is 7.42. The Morgan fingerprint density at radius 1 is 1.34 bits per heavy atom. The van der Waals surface area contributed by atoms with Crippen molar-refractivity contribution < 1.29 is 9.18 Å². The highest BCUT2D eigenvalue weighted by Crippen LogP contribution is 2.37. The van der Waals surface area contributed by atoms with Gasteiger partial charge in [-0.2, -0.15) is 0 Å². The molecule has 2 heterocycles. The summed E-state index contributed by atoms with van der Waals surface area (Å²) in [4.78, 5) is 20.2. The molecule has 3 aromatic rings. The normalized spacial score (nSPS) is 19.2. The van der Waals surface area contributed by atoms with Crippen LogP contribution in [0.3, 0.4) is 0 Å². The largest absolute Gasteiger partial charge is 0.379 e. The van der Waals surface area contributed by atoms with Crippen molar-refractivity contribution in [2.45, 2.75) is 31.7 Å². The average Bonchev–Trinajstić information content (AvgIpc) is 3.11. The number of carbonyl (C=O) groups excluding carboxylic acids is 1. The zero-order chi connectivity index (χ0) is 20.4. The van der Waals surface area contributed by atoms with Gasteiger partial charge in [-0.1, -0.05) is 30.0 Å². The second-order valence-corrected chi connectivity index (χ2v) is 8.54. The number of amidine groups is 1. The molecule has 4 rings (SSSR count). The molecule has 1 amide bonds. The van der Waals surface area contributed by atoms with Crippen molar-refractivity contribution in [1.29, 1.82) is 0 Å². The number of aryl methyl sites for hydroxylation is 1. The highest BCUT2D eigenvalue weighted by atomic mass is 32.2. The van der Waals surface area contributed by atoms with Crippen LogP contribution in [-0.4, -0.2) is 21.8 Å². The van der Waals surface area contributed by atoms with E-state index < -0.39 is 5.54 Å². The molecule has 1 unspecified atom stereocenters. The fraction of sp³-hybridized carbons (Fsp3) is 0.273. The molecule has 2 aromatic carbocycles. The fourth-order valence-corrected chi connectivity index (χ4v) is 4.68. The predicted octanol–water partition coefficient (Wildman–Crippen LogP) is 4.55. The van der Waals surface area contributed by atoms with E-state index in [1.54, 1.807) is 12.1 Å². The summed E-state index contributed by atoms with van der Waals surface area (Å²) in [5.74, 6) is 0.333. The Morgan fingerprint density at radius 3 is 3.00 bits per heavy atom. The SMILES string of the molecule is CC1(c2cc(NC(=O)CCc3c[nH]c4ccccc34)ccc2F)CCSC(N)=N1. The molecule has 1 aliphatic heterocycles. The lowest BCUT2D eigenvalue weighted by molar-refractivity contribution is -0.116. The van der Waals surface area contributed by atoms with Crippen LogP contribution in [-0.2, 0) is 16.8 Å². The first-order valence-corrected chi connectivity index (χ1v) is 10.6. The molecule has 150 valence electrons. The molecule has 0 saturated carbocycles. The van der Waals surface area contributed by atoms with Crippen molar-refractivity contribution in [3.63, 3.8) is 0 Å². The van der Waals surface area contributed by atoms with E-state index >= 15 is 0 Å². The Morgan fingerprint density at radius 2 is 2.17 bits per heavy atom. The number of amides is 1. The topological polar surface area (TPSA) is 83.3 Å². The number of hydrogen-bond acceptors (Lipinski definition) is 4. The van der Waals surface area contributed by atoms with Crippen LogP contribution in [0.4, 0.5) is 10.1 Å². The van der Waals surface area contributed by atoms with Crippen molar-refractivity contribution in [3.05, 3.63) is 65.6 Å². The van der Waals surface area contributed by atoms with Crippen molar-refractivity contribution >= 4 is 39.4 Å². The molecule has 0 radical (unpaired) electrons. The third kappa shape index (κ3) is 4.15. The van der Waals surface area contributed by atoms with Crippen LogP contribution < -0.4 is 11.1 Å². The lowest BCUT2D eigenvalue weighted by atomic mass is 9.89. The smallest absolute Gasteiger partial charge is 0.224 e. The zero-order valence-electron chi connectivity index (χ0n) is 16.2. The fourth-order valence-electron chi connectivity index (χ4n) is 3.71. The van der Waals surface area contributed by atoms with E-state index in [0.717, 1.165) is 22.2 Å². The number of nitrogens with one attached hydrogen (secondary N) is 2. The van der Waals surface area contributed by atoms with Crippen molar-refractivity contribution in [3.8, 4) is 0 Å². The summed E-state index contributed by atoms with van der Waals surface area (Å²) in [5, 5.41) is 4.48. The van der Waals surface area contributed by atoms with Gasteiger partial charge in [-0.05, 0) is 49.6 Å². The summed E-state index contributed by atoms with van der Waals surface area (Å²) < 4.78 is 14.5. The van der Waals surface area contributed by atoms with Crippen molar-refractivity contribution in [1.82, 2.24) is 4.98 Å². The molecule has 0 fully saturated rings. The summed E-state index contributed by atoms with van der Waals surface area (Å²) in [6.45, 7) is 1.88. The van der Waals surface area contributed by atoms with E-state index in [0.29, 0.717) is 35.7 Å². The molecule has 1 aliphatic rings. The lowest BCUT2D eigenvalue weighted by Gasteiger charge is -2.30. The number of aromatic nitrogens is 1. The number of para-hydroxylation sites is 1. The number of aliphatic imine (C=N–C) groups is 1. The van der Waals surface area contributed by atoms with E-state index in [-0.39, 0.29) is 11.7 Å². The van der Waals surface area contributed by atoms with Gasteiger partial charge in [0.25, 0.3) is 0 Å². The van der Waals surface area contributed by atoms with Crippen LogP contribution in [0.1, 0.15) is 30.9 Å². The van der Waals surface area contributed by atoms with Crippen LogP contribution in [0.15, 0.2) is 53.7 Å². The number of carbonyl (C=O) groups is 1. The molecule has 0 aliphatic carbocycles. The molecule has 0 bridgehead atoms. The van der Waals surface area contributed by atoms with Gasteiger partial charge in [0.1, 0.15) is 5.82 Å². The quantitative estimate of drug-likeness (QED) is 0.577. The first-order chi connectivity index (χ1) is 13.9. The Bertz CT molecular complexity index is 1090. The number of nitrogens with two attached hydrogens (primary N) is 1. The van der Waals surface area contributed by atoms with Crippen LogP contribution in [0.5, 0.6) is 0 Å². The first kappa shape index (κ1) is 19.5. The van der Waals surface area contributed by atoms with Gasteiger partial charge in [-0.25, -0.2) is 4.39 Å². The maximum atomic E-state index is 14.5. The van der Waals surface area contributed by atoms with Gasteiger partial charge in [-0.3, -0.25) is 9.79 Å². The third-order valence-corrected chi connectivity index (χ3v) is 6.12. The highest BCUT2D eigenvalue weighted by molar-refractivity contribution is 8.13. The van der Waals surface area contributed by atoms with Crippen LogP contribution in [0, 0.1) is 5.82 Å². The van der Waals surface area contributed by atoms with E-state index in [2.05, 4.69) is 15.3 Å². The first-order valence-electron chi connectivity index (χ1n) is 9.58. The number of halogens is 1. The number of H-pyrrole nitrogens is 1. The van der Waals surface area contributed by atoms with Gasteiger partial charge in [0.15, 0.2) is 5.17 Å². The maximum Gasteiger partial charge on any atom is 0.224 e. The van der Waals surface area contributed by atoms with E-state index in [9.17, 15) is 9.18 Å². The summed E-state index contributed by atoms with van der Waals surface area (Å²) >= 11 is 1.47. The highest BCUT2D eigenvalue weighted by Gasteiger charge is 2.32. The van der Waals surface area contributed by atoms with Gasteiger partial charge in [-0.15, -0.1) is 0 Å². The van der Waals surface area contributed by atoms with Gasteiger partial charge in [0.2, 0.25) is 5.91 Å². The number of aromatic amines is 1. The summed E-state index contributed by atoms with van der Waals surface area (Å²) in [6, 6.07) is 12.6. The molecule has 29 heavy (non-hydrogen) atoms. The van der Waals surface area contributed by atoms with Crippen LogP contribution in [0.25, 0.3) is 10.9 Å². The Labute approximate surface area is 173 Å². The Hall–Kier alpha value is -2.80. The molecule has 1 atom stereocenters. The standard InChI is InChI=1S/C22H23FN4OS/c1-22(10-11-29-21(24)27-22)17-12-15(7-8-18(17)23)26-20(28)9-6-14-13-25-19-5-3-2-4-16(14)19/h2-5,7-8,12-13,25H,6,9-11H2,1H3,(H2,24,27)(H,26,28). The second kappa shape index (κ2) is 7.91. The number of benzene rings is 2. The van der Waals surface area contributed by atoms with E-state index in [4.69, 9.17) is 5.73 Å². The average molecular weight is 411 g/mol. The Balaban J connectivity index is 1.47. The molecule has 7 heteroatoms. The van der Waals surface area contributed by atoms with Gasteiger partial charge >= 0.3 is 0 Å².